The van der Waals surface area contributed by atoms with Crippen molar-refractivity contribution in [3.63, 3.8) is 0 Å². The predicted octanol–water partition coefficient (Wildman–Crippen LogP) is 5.04. The largest absolute Gasteiger partial charge is 0.507 e. The third kappa shape index (κ3) is 4.41. The lowest BCUT2D eigenvalue weighted by atomic mass is 10.00. The van der Waals surface area contributed by atoms with Gasteiger partial charge in [0.05, 0.1) is 25.5 Å². The van der Waals surface area contributed by atoms with Crippen molar-refractivity contribution in [2.45, 2.75) is 0 Å². The third-order valence-electron chi connectivity index (χ3n) is 3.94. The number of phenolic OH excluding ortho intramolecular Hbond substituents is 1. The van der Waals surface area contributed by atoms with E-state index in [1.807, 2.05) is 54.6 Å². The molecule has 0 aliphatic carbocycles. The Morgan fingerprint density at radius 1 is 0.963 bits per heavy atom. The smallest absolute Gasteiger partial charge is 0.135 e. The number of hydrazone groups is 1. The van der Waals surface area contributed by atoms with E-state index in [4.69, 9.17) is 9.47 Å². The molecule has 0 aliphatic heterocycles. The summed E-state index contributed by atoms with van der Waals surface area (Å²) in [4.78, 5) is 0. The summed E-state index contributed by atoms with van der Waals surface area (Å²) < 4.78 is 11.7. The highest BCUT2D eigenvalue weighted by Gasteiger charge is 2.19. The van der Waals surface area contributed by atoms with Gasteiger partial charge in [-0.15, -0.1) is 0 Å². The Labute approximate surface area is 166 Å². The van der Waals surface area contributed by atoms with Crippen LogP contribution in [0.2, 0.25) is 0 Å². The number of nitrogens with one attached hydrogen (secondary N) is 1. The number of nitrogens with zero attached hydrogens (tertiary/aromatic N) is 1. The highest BCUT2D eigenvalue weighted by atomic mass is 79.9. The molecule has 0 aromatic heterocycles. The van der Waals surface area contributed by atoms with E-state index in [0.717, 1.165) is 15.7 Å². The summed E-state index contributed by atoms with van der Waals surface area (Å²) in [6.45, 7) is 0. The molecule has 3 rings (SSSR count). The van der Waals surface area contributed by atoms with Crippen molar-refractivity contribution in [2.24, 2.45) is 5.10 Å². The number of hydrogen-bond acceptors (Lipinski definition) is 5. The van der Waals surface area contributed by atoms with Crippen LogP contribution in [0.3, 0.4) is 0 Å². The van der Waals surface area contributed by atoms with Gasteiger partial charge in [-0.05, 0) is 24.3 Å². The van der Waals surface area contributed by atoms with Crippen molar-refractivity contribution >= 4 is 27.3 Å². The fourth-order valence-corrected chi connectivity index (χ4v) is 2.86. The number of para-hydroxylation sites is 1. The van der Waals surface area contributed by atoms with E-state index in [0.29, 0.717) is 22.8 Å². The average molecular weight is 427 g/mol. The first kappa shape index (κ1) is 18.8. The van der Waals surface area contributed by atoms with E-state index in [2.05, 4.69) is 26.5 Å². The Bertz CT molecular complexity index is 942. The van der Waals surface area contributed by atoms with Crippen LogP contribution in [0.1, 0.15) is 11.1 Å². The molecular weight excluding hydrogens is 408 g/mol. The molecule has 138 valence electrons. The summed E-state index contributed by atoms with van der Waals surface area (Å²) in [7, 11) is 3.08. The standard InChI is InChI=1S/C21H19BrN2O3/c1-26-17-12-18(25)20(19(13-17)27-2)21(14-8-10-15(22)11-9-14)24-23-16-6-4-3-5-7-16/h3-13,23,25H,1-2H3/b24-21+. The van der Waals surface area contributed by atoms with Crippen molar-refractivity contribution in [3.05, 3.63) is 82.3 Å². The summed E-state index contributed by atoms with van der Waals surface area (Å²) in [6, 6.07) is 20.5. The molecule has 27 heavy (non-hydrogen) atoms. The molecule has 0 unspecified atom stereocenters. The molecule has 0 saturated heterocycles. The van der Waals surface area contributed by atoms with Crippen molar-refractivity contribution in [1.82, 2.24) is 0 Å². The summed E-state index contributed by atoms with van der Waals surface area (Å²) in [5.74, 6) is 0.977. The van der Waals surface area contributed by atoms with Gasteiger partial charge in [-0.1, -0.05) is 46.3 Å². The molecule has 3 aromatic rings. The number of anilines is 1. The lowest BCUT2D eigenvalue weighted by Crippen LogP contribution is -2.09. The molecule has 5 nitrogen and oxygen atoms in total. The molecule has 0 amide bonds. The van der Waals surface area contributed by atoms with E-state index in [1.165, 1.54) is 13.2 Å². The van der Waals surface area contributed by atoms with Crippen molar-refractivity contribution in [2.75, 3.05) is 19.6 Å². The van der Waals surface area contributed by atoms with Gasteiger partial charge in [0.15, 0.2) is 0 Å². The summed E-state index contributed by atoms with van der Waals surface area (Å²) in [5.41, 5.74) is 5.71. The van der Waals surface area contributed by atoms with Crippen LogP contribution < -0.4 is 14.9 Å². The fourth-order valence-electron chi connectivity index (χ4n) is 2.60. The third-order valence-corrected chi connectivity index (χ3v) is 4.46. The van der Waals surface area contributed by atoms with E-state index in [9.17, 15) is 5.11 Å². The van der Waals surface area contributed by atoms with Crippen LogP contribution in [0.5, 0.6) is 17.2 Å². The zero-order valence-electron chi connectivity index (χ0n) is 14.9. The molecule has 0 heterocycles. The molecule has 0 radical (unpaired) electrons. The Balaban J connectivity index is 2.14. The second-order valence-corrected chi connectivity index (χ2v) is 6.58. The Kier molecular flexibility index (Phi) is 5.98. The molecule has 0 fully saturated rings. The second kappa shape index (κ2) is 8.60. The Morgan fingerprint density at radius 2 is 1.67 bits per heavy atom. The fraction of sp³-hybridized carbons (Fsp3) is 0.0952. The summed E-state index contributed by atoms with van der Waals surface area (Å²) >= 11 is 3.44. The first-order chi connectivity index (χ1) is 13.1. The van der Waals surface area contributed by atoms with E-state index in [1.54, 1.807) is 13.2 Å². The second-order valence-electron chi connectivity index (χ2n) is 5.67. The first-order valence-corrected chi connectivity index (χ1v) is 9.01. The zero-order valence-corrected chi connectivity index (χ0v) is 16.5. The average Bonchev–Trinajstić information content (AvgIpc) is 2.70. The SMILES string of the molecule is COc1cc(O)c(/C(=N/Nc2ccccc2)c2ccc(Br)cc2)c(OC)c1. The normalized spacial score (nSPS) is 11.1. The number of rotatable bonds is 6. The first-order valence-electron chi connectivity index (χ1n) is 8.22. The van der Waals surface area contributed by atoms with E-state index < -0.39 is 0 Å². The van der Waals surface area contributed by atoms with Crippen LogP contribution in [0.15, 0.2) is 76.3 Å². The van der Waals surface area contributed by atoms with Crippen LogP contribution >= 0.6 is 15.9 Å². The lowest BCUT2D eigenvalue weighted by molar-refractivity contribution is 0.384. The minimum atomic E-state index is 0.0164. The maximum absolute atomic E-state index is 10.6. The van der Waals surface area contributed by atoms with Crippen molar-refractivity contribution in [3.8, 4) is 17.2 Å². The maximum Gasteiger partial charge on any atom is 0.135 e. The van der Waals surface area contributed by atoms with Gasteiger partial charge in [0.25, 0.3) is 0 Å². The highest BCUT2D eigenvalue weighted by Crippen LogP contribution is 2.35. The molecule has 0 saturated carbocycles. The highest BCUT2D eigenvalue weighted by molar-refractivity contribution is 9.10. The van der Waals surface area contributed by atoms with E-state index in [-0.39, 0.29) is 5.75 Å². The van der Waals surface area contributed by atoms with Crippen LogP contribution in [0, 0.1) is 0 Å². The molecule has 0 bridgehead atoms. The minimum absolute atomic E-state index is 0.0164. The molecule has 0 spiro atoms. The quantitative estimate of drug-likeness (QED) is 0.428. The number of benzene rings is 3. The van der Waals surface area contributed by atoms with Crippen molar-refractivity contribution in [1.29, 1.82) is 0 Å². The molecule has 2 N–H and O–H groups in total. The molecular formula is C21H19BrN2O3. The lowest BCUT2D eigenvalue weighted by Gasteiger charge is -2.15. The van der Waals surface area contributed by atoms with Gasteiger partial charge in [0.1, 0.15) is 23.0 Å². The topological polar surface area (TPSA) is 63.1 Å². The number of halogens is 1. The molecule has 0 aliphatic rings. The Hall–Kier alpha value is -2.99. The van der Waals surface area contributed by atoms with E-state index >= 15 is 0 Å². The van der Waals surface area contributed by atoms with Crippen LogP contribution in [0.4, 0.5) is 5.69 Å². The Morgan fingerprint density at radius 3 is 2.30 bits per heavy atom. The van der Waals surface area contributed by atoms with Gasteiger partial charge in [-0.2, -0.15) is 5.10 Å². The van der Waals surface area contributed by atoms with Gasteiger partial charge < -0.3 is 14.6 Å². The summed E-state index contributed by atoms with van der Waals surface area (Å²) in [5, 5.41) is 15.2. The zero-order chi connectivity index (χ0) is 19.2. The van der Waals surface area contributed by atoms with Gasteiger partial charge >= 0.3 is 0 Å². The van der Waals surface area contributed by atoms with Gasteiger partial charge in [0, 0.05) is 22.2 Å². The van der Waals surface area contributed by atoms with Gasteiger partial charge in [0.2, 0.25) is 0 Å². The number of methoxy groups -OCH3 is 2. The van der Waals surface area contributed by atoms with Crippen LogP contribution in [-0.2, 0) is 0 Å². The molecule has 3 aromatic carbocycles. The minimum Gasteiger partial charge on any atom is -0.507 e. The number of phenols is 1. The number of ether oxygens (including phenoxy) is 2. The number of hydrogen-bond donors (Lipinski definition) is 2. The maximum atomic E-state index is 10.6. The van der Waals surface area contributed by atoms with Gasteiger partial charge in [-0.3, -0.25) is 5.43 Å². The predicted molar refractivity (Wildman–Crippen MR) is 111 cm³/mol. The molecule has 6 heteroatoms. The summed E-state index contributed by atoms with van der Waals surface area (Å²) in [6.07, 6.45) is 0. The number of aromatic hydroxyl groups is 1. The van der Waals surface area contributed by atoms with Crippen LogP contribution in [0.25, 0.3) is 0 Å². The van der Waals surface area contributed by atoms with Crippen LogP contribution in [-0.4, -0.2) is 25.0 Å². The monoisotopic (exact) mass is 426 g/mol. The molecule has 0 atom stereocenters. The van der Waals surface area contributed by atoms with Crippen molar-refractivity contribution < 1.29 is 14.6 Å². The van der Waals surface area contributed by atoms with Gasteiger partial charge in [-0.25, -0.2) is 0 Å².